The second-order valence-electron chi connectivity index (χ2n) is 2.48. The van der Waals surface area contributed by atoms with E-state index >= 15 is 0 Å². The van der Waals surface area contributed by atoms with Gasteiger partial charge in [0.05, 0.1) is 4.92 Å². The molecule has 0 bridgehead atoms. The lowest BCUT2D eigenvalue weighted by Crippen LogP contribution is -1.94. The van der Waals surface area contributed by atoms with Gasteiger partial charge in [-0.1, -0.05) is 5.57 Å². The first-order valence-corrected chi connectivity index (χ1v) is 3.82. The van der Waals surface area contributed by atoms with Crippen molar-refractivity contribution in [3.63, 3.8) is 0 Å². The molecule has 0 saturated heterocycles. The molecular weight excluding hydrogens is 166 g/mol. The number of nitrogens with zero attached hydrogens (tertiary/aromatic N) is 1. The van der Waals surface area contributed by atoms with Crippen LogP contribution in [0.2, 0.25) is 0 Å². The highest BCUT2D eigenvalue weighted by Gasteiger charge is 2.02. The van der Waals surface area contributed by atoms with E-state index < -0.39 is 4.92 Å². The molecule has 0 aromatic heterocycles. The van der Waals surface area contributed by atoms with Crippen molar-refractivity contribution in [3.05, 3.63) is 33.5 Å². The molecular formula is C10H15NO2. The summed E-state index contributed by atoms with van der Waals surface area (Å²) in [4.78, 5) is 9.76. The molecule has 0 fully saturated rings. The third kappa shape index (κ3) is 10.4. The van der Waals surface area contributed by atoms with Gasteiger partial charge in [-0.05, 0) is 33.8 Å². The number of rotatable bonds is 2. The molecule has 0 amide bonds. The van der Waals surface area contributed by atoms with Crippen LogP contribution in [0.25, 0.3) is 0 Å². The van der Waals surface area contributed by atoms with Crippen LogP contribution < -0.4 is 0 Å². The first-order chi connectivity index (χ1) is 5.99. The minimum atomic E-state index is -0.396. The molecule has 0 atom stereocenters. The smallest absolute Gasteiger partial charge is 0.258 e. The van der Waals surface area contributed by atoms with E-state index in [-0.39, 0.29) is 5.70 Å². The van der Waals surface area contributed by atoms with Gasteiger partial charge in [0.25, 0.3) is 5.70 Å². The highest BCUT2D eigenvalue weighted by atomic mass is 16.6. The van der Waals surface area contributed by atoms with E-state index in [0.29, 0.717) is 0 Å². The van der Waals surface area contributed by atoms with Crippen molar-refractivity contribution in [1.82, 2.24) is 0 Å². The summed E-state index contributed by atoms with van der Waals surface area (Å²) in [5, 5.41) is 10.2. The van der Waals surface area contributed by atoms with Gasteiger partial charge in [-0.25, -0.2) is 0 Å². The second-order valence-corrected chi connectivity index (χ2v) is 2.48. The van der Waals surface area contributed by atoms with Crippen LogP contribution >= 0.6 is 0 Å². The average molecular weight is 181 g/mol. The van der Waals surface area contributed by atoms with Gasteiger partial charge < -0.3 is 0 Å². The standard InChI is InChI=1S/C7H11NO2.C3H4/c1-4-7(8(9)10)5-6(2)3;1-3-2/h4-5H,1-3H3;1H,2H3/b7-4+;. The molecule has 0 saturated carbocycles. The van der Waals surface area contributed by atoms with E-state index in [1.54, 1.807) is 19.9 Å². The fourth-order valence-electron chi connectivity index (χ4n) is 0.537. The van der Waals surface area contributed by atoms with Crippen LogP contribution in [0, 0.1) is 22.5 Å². The third-order valence-corrected chi connectivity index (χ3v) is 0.943. The minimum Gasteiger partial charge on any atom is -0.258 e. The largest absolute Gasteiger partial charge is 0.265 e. The second kappa shape index (κ2) is 8.54. The number of nitro groups is 1. The topological polar surface area (TPSA) is 43.1 Å². The molecule has 0 aromatic rings. The number of allylic oxidation sites excluding steroid dienone is 3. The van der Waals surface area contributed by atoms with Crippen molar-refractivity contribution in [2.75, 3.05) is 0 Å². The molecule has 72 valence electrons. The van der Waals surface area contributed by atoms with Crippen LogP contribution in [0.15, 0.2) is 23.4 Å². The molecule has 3 nitrogen and oxygen atoms in total. The Kier molecular flexibility index (Phi) is 9.19. The van der Waals surface area contributed by atoms with Crippen LogP contribution in [0.1, 0.15) is 27.7 Å². The van der Waals surface area contributed by atoms with Crippen LogP contribution in [-0.4, -0.2) is 4.92 Å². The van der Waals surface area contributed by atoms with Crippen molar-refractivity contribution in [2.45, 2.75) is 27.7 Å². The van der Waals surface area contributed by atoms with E-state index in [4.69, 9.17) is 0 Å². The Balaban J connectivity index is 0. The maximum atomic E-state index is 10.2. The summed E-state index contributed by atoms with van der Waals surface area (Å²) in [7, 11) is 0. The van der Waals surface area contributed by atoms with Gasteiger partial charge in [0.2, 0.25) is 0 Å². The van der Waals surface area contributed by atoms with Crippen LogP contribution in [0.5, 0.6) is 0 Å². The molecule has 0 aliphatic rings. The lowest BCUT2D eigenvalue weighted by molar-refractivity contribution is -0.419. The van der Waals surface area contributed by atoms with Crippen LogP contribution in [-0.2, 0) is 0 Å². The van der Waals surface area contributed by atoms with E-state index in [9.17, 15) is 10.1 Å². The van der Waals surface area contributed by atoms with Crippen molar-refractivity contribution in [2.24, 2.45) is 0 Å². The number of hydrogen-bond donors (Lipinski definition) is 0. The van der Waals surface area contributed by atoms with Crippen LogP contribution in [0.3, 0.4) is 0 Å². The summed E-state index contributed by atoms with van der Waals surface area (Å²) in [5.74, 6) is 2.25. The summed E-state index contributed by atoms with van der Waals surface area (Å²) < 4.78 is 0. The summed E-state index contributed by atoms with van der Waals surface area (Å²) >= 11 is 0. The molecule has 0 radical (unpaired) electrons. The Hall–Kier alpha value is -1.56. The summed E-state index contributed by atoms with van der Waals surface area (Å²) in [6.07, 6.45) is 7.62. The molecule has 0 aromatic carbocycles. The van der Waals surface area contributed by atoms with Crippen molar-refractivity contribution < 1.29 is 4.92 Å². The predicted molar refractivity (Wildman–Crippen MR) is 54.7 cm³/mol. The molecule has 0 unspecified atom stereocenters. The van der Waals surface area contributed by atoms with Gasteiger partial charge in [-0.2, -0.15) is 0 Å². The first kappa shape index (κ1) is 14.0. The molecule has 0 aliphatic carbocycles. The van der Waals surface area contributed by atoms with Gasteiger partial charge in [-0.15, -0.1) is 12.3 Å². The Morgan fingerprint density at radius 1 is 1.54 bits per heavy atom. The molecule has 0 rings (SSSR count). The Bertz CT molecular complexity index is 253. The van der Waals surface area contributed by atoms with E-state index in [0.717, 1.165) is 5.57 Å². The maximum absolute atomic E-state index is 10.2. The monoisotopic (exact) mass is 181 g/mol. The first-order valence-electron chi connectivity index (χ1n) is 3.82. The fourth-order valence-corrected chi connectivity index (χ4v) is 0.537. The van der Waals surface area contributed by atoms with Gasteiger partial charge in [0.1, 0.15) is 0 Å². The Morgan fingerprint density at radius 2 is 1.92 bits per heavy atom. The Labute approximate surface area is 79.3 Å². The van der Waals surface area contributed by atoms with Gasteiger partial charge in [0, 0.05) is 6.08 Å². The zero-order chi connectivity index (χ0) is 10.9. The van der Waals surface area contributed by atoms with E-state index in [1.807, 2.05) is 13.8 Å². The van der Waals surface area contributed by atoms with Gasteiger partial charge in [-0.3, -0.25) is 10.1 Å². The molecule has 13 heavy (non-hydrogen) atoms. The van der Waals surface area contributed by atoms with Gasteiger partial charge in [0.15, 0.2) is 0 Å². The molecule has 0 aliphatic heterocycles. The highest BCUT2D eigenvalue weighted by Crippen LogP contribution is 2.01. The number of terminal acetylenes is 1. The SMILES string of the molecule is C#CC.C/C=C(\C=C(C)C)[N+](=O)[O-]. The molecule has 3 heteroatoms. The summed E-state index contributed by atoms with van der Waals surface area (Å²) in [6, 6.07) is 0. The van der Waals surface area contributed by atoms with Gasteiger partial charge >= 0.3 is 0 Å². The third-order valence-electron chi connectivity index (χ3n) is 0.943. The van der Waals surface area contributed by atoms with Crippen molar-refractivity contribution in [3.8, 4) is 12.3 Å². The normalized spacial score (nSPS) is 9.00. The average Bonchev–Trinajstić information content (AvgIpc) is 2.00. The zero-order valence-electron chi connectivity index (χ0n) is 8.50. The zero-order valence-corrected chi connectivity index (χ0v) is 8.50. The highest BCUT2D eigenvalue weighted by molar-refractivity contribution is 5.14. The predicted octanol–water partition coefficient (Wildman–Crippen LogP) is 2.77. The Morgan fingerprint density at radius 3 is 2.00 bits per heavy atom. The fraction of sp³-hybridized carbons (Fsp3) is 0.400. The van der Waals surface area contributed by atoms with E-state index in [1.165, 1.54) is 6.08 Å². The van der Waals surface area contributed by atoms with Crippen molar-refractivity contribution in [1.29, 1.82) is 0 Å². The summed E-state index contributed by atoms with van der Waals surface area (Å²) in [6.45, 7) is 6.96. The lowest BCUT2D eigenvalue weighted by Gasteiger charge is -1.89. The van der Waals surface area contributed by atoms with Crippen molar-refractivity contribution >= 4 is 0 Å². The number of hydrogen-bond acceptors (Lipinski definition) is 2. The van der Waals surface area contributed by atoms with E-state index in [2.05, 4.69) is 12.3 Å². The molecule has 0 spiro atoms. The molecule has 0 N–H and O–H groups in total. The maximum Gasteiger partial charge on any atom is 0.265 e. The summed E-state index contributed by atoms with van der Waals surface area (Å²) in [5.41, 5.74) is 1.09. The van der Waals surface area contributed by atoms with Crippen LogP contribution in [0.4, 0.5) is 0 Å². The minimum absolute atomic E-state index is 0.153. The quantitative estimate of drug-likeness (QED) is 0.284. The molecule has 0 heterocycles. The lowest BCUT2D eigenvalue weighted by atomic mass is 10.3.